The van der Waals surface area contributed by atoms with Crippen LogP contribution in [0.1, 0.15) is 23.4 Å². The second kappa shape index (κ2) is 8.04. The third-order valence-electron chi connectivity index (χ3n) is 3.65. The maximum atomic E-state index is 12.1. The molecule has 1 N–H and O–H groups in total. The molecule has 0 radical (unpaired) electrons. The van der Waals surface area contributed by atoms with E-state index in [-0.39, 0.29) is 5.91 Å². The van der Waals surface area contributed by atoms with Crippen molar-refractivity contribution in [2.45, 2.75) is 25.9 Å². The Morgan fingerprint density at radius 1 is 1.21 bits per heavy atom. The average Bonchev–Trinajstić information content (AvgIpc) is 2.98. The Kier molecular flexibility index (Phi) is 5.56. The Morgan fingerprint density at radius 3 is 2.92 bits per heavy atom. The van der Waals surface area contributed by atoms with E-state index < -0.39 is 0 Å². The van der Waals surface area contributed by atoms with Gasteiger partial charge in [0.15, 0.2) is 0 Å². The molecule has 0 spiro atoms. The Morgan fingerprint density at radius 2 is 2.08 bits per heavy atom. The van der Waals surface area contributed by atoms with Crippen LogP contribution in [0.2, 0.25) is 0 Å². The predicted octanol–water partition coefficient (Wildman–Crippen LogP) is 4.40. The number of nitrogens with one attached hydrogen (secondary N) is 1. The van der Waals surface area contributed by atoms with Gasteiger partial charge in [0.1, 0.15) is 0 Å². The molecule has 0 aliphatic carbocycles. The molecular weight excluding hydrogens is 320 g/mol. The highest BCUT2D eigenvalue weighted by Gasteiger charge is 2.06. The highest BCUT2D eigenvalue weighted by Crippen LogP contribution is 2.22. The third kappa shape index (κ3) is 4.40. The van der Waals surface area contributed by atoms with E-state index in [0.29, 0.717) is 13.0 Å². The Hall–Kier alpha value is -2.24. The van der Waals surface area contributed by atoms with Crippen LogP contribution in [0.3, 0.4) is 0 Å². The number of aromatic nitrogens is 1. The van der Waals surface area contributed by atoms with Gasteiger partial charge in [-0.15, -0.1) is 11.3 Å². The van der Waals surface area contributed by atoms with Crippen molar-refractivity contribution in [3.8, 4) is 0 Å². The van der Waals surface area contributed by atoms with E-state index in [0.717, 1.165) is 34.6 Å². The summed E-state index contributed by atoms with van der Waals surface area (Å²) in [5, 5.41) is 4.03. The molecule has 1 aromatic heterocycles. The zero-order chi connectivity index (χ0) is 16.8. The summed E-state index contributed by atoms with van der Waals surface area (Å²) in [7, 11) is 1.66. The number of carbonyl (C=O) groups excluding carboxylic acids is 1. The Balaban J connectivity index is 1.49. The van der Waals surface area contributed by atoms with E-state index in [1.165, 1.54) is 4.70 Å². The standard InChI is InChI=1S/C19H20N2O2S/c1-23-13-14-6-4-7-15(12-14)20-18(22)10-5-11-19-21-16-8-2-3-9-17(16)24-19/h2-4,6-9,12H,5,10-11,13H2,1H3,(H,20,22). The molecule has 0 saturated heterocycles. The summed E-state index contributed by atoms with van der Waals surface area (Å²) in [6.07, 6.45) is 2.12. The van der Waals surface area contributed by atoms with Crippen molar-refractivity contribution in [3.63, 3.8) is 0 Å². The summed E-state index contributed by atoms with van der Waals surface area (Å²) in [6.45, 7) is 0.543. The first-order chi connectivity index (χ1) is 11.7. The van der Waals surface area contributed by atoms with Crippen molar-refractivity contribution in [1.82, 2.24) is 4.98 Å². The Labute approximate surface area is 145 Å². The van der Waals surface area contributed by atoms with Gasteiger partial charge in [-0.3, -0.25) is 4.79 Å². The zero-order valence-electron chi connectivity index (χ0n) is 13.6. The third-order valence-corrected chi connectivity index (χ3v) is 4.75. The number of aryl methyl sites for hydroxylation is 1. The van der Waals surface area contributed by atoms with Crippen LogP contribution in [0.5, 0.6) is 0 Å². The van der Waals surface area contributed by atoms with Crippen LogP contribution >= 0.6 is 11.3 Å². The van der Waals surface area contributed by atoms with E-state index in [1.807, 2.05) is 42.5 Å². The zero-order valence-corrected chi connectivity index (χ0v) is 14.4. The fourth-order valence-electron chi connectivity index (χ4n) is 2.56. The fourth-order valence-corrected chi connectivity index (χ4v) is 3.57. The van der Waals surface area contributed by atoms with Crippen LogP contribution in [0.4, 0.5) is 5.69 Å². The van der Waals surface area contributed by atoms with Crippen LogP contribution < -0.4 is 5.32 Å². The molecule has 1 heterocycles. The van der Waals surface area contributed by atoms with E-state index in [9.17, 15) is 4.79 Å². The van der Waals surface area contributed by atoms with Crippen LogP contribution in [-0.2, 0) is 22.6 Å². The molecule has 3 rings (SSSR count). The maximum absolute atomic E-state index is 12.1. The average molecular weight is 340 g/mol. The van der Waals surface area contributed by atoms with Crippen molar-refractivity contribution in [1.29, 1.82) is 0 Å². The van der Waals surface area contributed by atoms with Gasteiger partial charge >= 0.3 is 0 Å². The molecule has 0 atom stereocenters. The molecule has 4 nitrogen and oxygen atoms in total. The van der Waals surface area contributed by atoms with Gasteiger partial charge < -0.3 is 10.1 Å². The van der Waals surface area contributed by atoms with Crippen LogP contribution in [0, 0.1) is 0 Å². The number of para-hydroxylation sites is 1. The first-order valence-corrected chi connectivity index (χ1v) is 8.78. The number of hydrogen-bond acceptors (Lipinski definition) is 4. The van der Waals surface area contributed by atoms with Gasteiger partial charge in [0.25, 0.3) is 0 Å². The summed E-state index contributed by atoms with van der Waals surface area (Å²) >= 11 is 1.70. The van der Waals surface area contributed by atoms with Gasteiger partial charge in [0.2, 0.25) is 5.91 Å². The number of ether oxygens (including phenoxy) is 1. The fraction of sp³-hybridized carbons (Fsp3) is 0.263. The van der Waals surface area contributed by atoms with Gasteiger partial charge in [-0.25, -0.2) is 4.98 Å². The second-order valence-electron chi connectivity index (χ2n) is 5.61. The molecule has 124 valence electrons. The van der Waals surface area contributed by atoms with Crippen LogP contribution in [-0.4, -0.2) is 18.0 Å². The lowest BCUT2D eigenvalue weighted by Gasteiger charge is -2.07. The van der Waals surface area contributed by atoms with Gasteiger partial charge in [0, 0.05) is 19.2 Å². The van der Waals surface area contributed by atoms with Crippen molar-refractivity contribution in [3.05, 3.63) is 59.1 Å². The highest BCUT2D eigenvalue weighted by atomic mass is 32.1. The summed E-state index contributed by atoms with van der Waals surface area (Å²) in [4.78, 5) is 16.7. The number of methoxy groups -OCH3 is 1. The molecule has 24 heavy (non-hydrogen) atoms. The topological polar surface area (TPSA) is 51.2 Å². The number of fused-ring (bicyclic) bond motifs is 1. The monoisotopic (exact) mass is 340 g/mol. The quantitative estimate of drug-likeness (QED) is 0.693. The molecule has 0 unspecified atom stereocenters. The van der Waals surface area contributed by atoms with Crippen molar-refractivity contribution in [2.75, 3.05) is 12.4 Å². The predicted molar refractivity (Wildman–Crippen MR) is 98.3 cm³/mol. The molecule has 0 aliphatic rings. The summed E-state index contributed by atoms with van der Waals surface area (Å²) < 4.78 is 6.31. The Bertz CT molecular complexity index is 796. The molecule has 0 fully saturated rings. The second-order valence-corrected chi connectivity index (χ2v) is 6.73. The first kappa shape index (κ1) is 16.6. The molecular formula is C19H20N2O2S. The van der Waals surface area contributed by atoms with E-state index >= 15 is 0 Å². The van der Waals surface area contributed by atoms with E-state index in [2.05, 4.69) is 16.4 Å². The smallest absolute Gasteiger partial charge is 0.224 e. The minimum atomic E-state index is 0.0330. The minimum absolute atomic E-state index is 0.0330. The molecule has 5 heteroatoms. The van der Waals surface area contributed by atoms with E-state index in [4.69, 9.17) is 4.74 Å². The van der Waals surface area contributed by atoms with Crippen molar-refractivity contribution in [2.24, 2.45) is 0 Å². The normalized spacial score (nSPS) is 10.9. The molecule has 0 aliphatic heterocycles. The van der Waals surface area contributed by atoms with Crippen molar-refractivity contribution < 1.29 is 9.53 Å². The number of anilines is 1. The van der Waals surface area contributed by atoms with Gasteiger partial charge in [0.05, 0.1) is 21.8 Å². The number of hydrogen-bond donors (Lipinski definition) is 1. The summed E-state index contributed by atoms with van der Waals surface area (Å²) in [5.41, 5.74) is 2.90. The van der Waals surface area contributed by atoms with Gasteiger partial charge in [-0.1, -0.05) is 24.3 Å². The molecule has 0 saturated carbocycles. The molecule has 0 bridgehead atoms. The molecule has 1 amide bonds. The lowest BCUT2D eigenvalue weighted by atomic mass is 10.2. The van der Waals surface area contributed by atoms with E-state index in [1.54, 1.807) is 18.4 Å². The lowest BCUT2D eigenvalue weighted by Crippen LogP contribution is -2.11. The molecule has 3 aromatic rings. The molecule has 2 aromatic carbocycles. The SMILES string of the molecule is COCc1cccc(NC(=O)CCCc2nc3ccccc3s2)c1. The van der Waals surface area contributed by atoms with Crippen molar-refractivity contribution >= 4 is 33.1 Å². The number of nitrogens with zero attached hydrogens (tertiary/aromatic N) is 1. The number of thiazole rings is 1. The maximum Gasteiger partial charge on any atom is 0.224 e. The summed E-state index contributed by atoms with van der Waals surface area (Å²) in [6, 6.07) is 15.9. The van der Waals surface area contributed by atoms with Gasteiger partial charge in [-0.05, 0) is 42.7 Å². The van der Waals surface area contributed by atoms with Crippen LogP contribution in [0.15, 0.2) is 48.5 Å². The highest BCUT2D eigenvalue weighted by molar-refractivity contribution is 7.18. The number of rotatable bonds is 7. The van der Waals surface area contributed by atoms with Gasteiger partial charge in [-0.2, -0.15) is 0 Å². The number of benzene rings is 2. The minimum Gasteiger partial charge on any atom is -0.380 e. The lowest BCUT2D eigenvalue weighted by molar-refractivity contribution is -0.116. The summed E-state index contributed by atoms with van der Waals surface area (Å²) in [5.74, 6) is 0.0330. The van der Waals surface area contributed by atoms with Crippen LogP contribution in [0.25, 0.3) is 10.2 Å². The largest absolute Gasteiger partial charge is 0.380 e. The first-order valence-electron chi connectivity index (χ1n) is 7.97. The number of carbonyl (C=O) groups is 1. The number of amides is 1.